The monoisotopic (exact) mass is 382 g/mol. The molecule has 2 nitrogen and oxygen atoms in total. The molecular formula is C21H38O2SSi. The van der Waals surface area contributed by atoms with Gasteiger partial charge in [0.25, 0.3) is 0 Å². The van der Waals surface area contributed by atoms with Crippen molar-refractivity contribution in [2.75, 3.05) is 0 Å². The van der Waals surface area contributed by atoms with Crippen LogP contribution in [-0.2, 0) is 11.0 Å². The summed E-state index contributed by atoms with van der Waals surface area (Å²) in [6.45, 7) is 13.8. The average molecular weight is 383 g/mol. The minimum absolute atomic E-state index is 0.0384. The number of rotatable bonds is 12. The van der Waals surface area contributed by atoms with E-state index in [0.717, 1.165) is 31.2 Å². The molecule has 0 fully saturated rings. The summed E-state index contributed by atoms with van der Waals surface area (Å²) in [5.74, 6) is 0. The molecule has 0 radical (unpaired) electrons. The van der Waals surface area contributed by atoms with Crippen LogP contribution in [0.15, 0.2) is 17.5 Å². The smallest absolute Gasteiger partial charge is 0.192 e. The Morgan fingerprint density at radius 2 is 1.76 bits per heavy atom. The molecule has 0 unspecified atom stereocenters. The Morgan fingerprint density at radius 3 is 2.20 bits per heavy atom. The maximum atomic E-state index is 9.23. The van der Waals surface area contributed by atoms with Gasteiger partial charge in [0.15, 0.2) is 8.32 Å². The zero-order valence-corrected chi connectivity index (χ0v) is 19.0. The molecular weight excluding hydrogens is 344 g/mol. The van der Waals surface area contributed by atoms with Gasteiger partial charge in [0, 0.05) is 4.88 Å². The molecule has 144 valence electrons. The van der Waals surface area contributed by atoms with Crippen molar-refractivity contribution in [3.63, 3.8) is 0 Å². The summed E-state index contributed by atoms with van der Waals surface area (Å²) in [5.41, 5.74) is 2.37. The van der Waals surface area contributed by atoms with Crippen molar-refractivity contribution in [3.8, 4) is 0 Å². The molecule has 1 aromatic heterocycles. The number of hydrogen-bond acceptors (Lipinski definition) is 3. The van der Waals surface area contributed by atoms with E-state index in [-0.39, 0.29) is 12.2 Å². The van der Waals surface area contributed by atoms with Crippen LogP contribution < -0.4 is 0 Å². The zero-order chi connectivity index (χ0) is 18.9. The van der Waals surface area contributed by atoms with Crippen molar-refractivity contribution in [2.24, 2.45) is 0 Å². The van der Waals surface area contributed by atoms with Crippen molar-refractivity contribution < 1.29 is 9.53 Å². The van der Waals surface area contributed by atoms with Gasteiger partial charge < -0.3 is 9.53 Å². The summed E-state index contributed by atoms with van der Waals surface area (Å²) in [6, 6.07) is 5.75. The zero-order valence-electron chi connectivity index (χ0n) is 17.2. The van der Waals surface area contributed by atoms with Gasteiger partial charge >= 0.3 is 0 Å². The first-order chi connectivity index (χ1) is 11.9. The molecule has 0 atom stereocenters. The average Bonchev–Trinajstić information content (AvgIpc) is 3.14. The third-order valence-corrected chi connectivity index (χ3v) is 11.8. The van der Waals surface area contributed by atoms with Crippen LogP contribution in [-0.4, -0.2) is 19.0 Å². The van der Waals surface area contributed by atoms with E-state index >= 15 is 0 Å². The number of thiophene rings is 1. The Hall–Kier alpha value is -0.423. The Kier molecular flexibility index (Phi) is 9.64. The largest absolute Gasteiger partial charge is 0.411 e. The summed E-state index contributed by atoms with van der Waals surface area (Å²) >= 11 is 1.72. The second-order valence-electron chi connectivity index (χ2n) is 7.14. The summed E-state index contributed by atoms with van der Waals surface area (Å²) in [5, 5.41) is 11.3. The van der Waals surface area contributed by atoms with Crippen LogP contribution >= 0.6 is 11.3 Å². The van der Waals surface area contributed by atoms with E-state index in [1.807, 2.05) is 5.38 Å². The van der Waals surface area contributed by atoms with Crippen LogP contribution in [0.3, 0.4) is 0 Å². The Balaban J connectivity index is 2.81. The highest BCUT2D eigenvalue weighted by molar-refractivity contribution is 7.11. The van der Waals surface area contributed by atoms with Crippen molar-refractivity contribution in [3.05, 3.63) is 28.0 Å². The van der Waals surface area contributed by atoms with Crippen LogP contribution in [0.2, 0.25) is 18.1 Å². The van der Waals surface area contributed by atoms with Gasteiger partial charge in [-0.05, 0) is 73.3 Å². The fraction of sp³-hybridized carbons (Fsp3) is 0.714. The van der Waals surface area contributed by atoms with E-state index in [1.54, 1.807) is 11.3 Å². The van der Waals surface area contributed by atoms with Crippen LogP contribution in [0.4, 0.5) is 0 Å². The van der Waals surface area contributed by atoms with Crippen molar-refractivity contribution in [1.29, 1.82) is 0 Å². The summed E-state index contributed by atoms with van der Waals surface area (Å²) in [7, 11) is -1.58. The van der Waals surface area contributed by atoms with Gasteiger partial charge in [-0.3, -0.25) is 0 Å². The van der Waals surface area contributed by atoms with E-state index in [9.17, 15) is 5.11 Å². The number of allylic oxidation sites excluding steroid dienone is 2. The van der Waals surface area contributed by atoms with E-state index in [0.29, 0.717) is 0 Å². The summed E-state index contributed by atoms with van der Waals surface area (Å²) < 4.78 is 6.96. The molecule has 1 heterocycles. The van der Waals surface area contributed by atoms with Gasteiger partial charge in [0.05, 0.1) is 12.2 Å². The van der Waals surface area contributed by atoms with E-state index < -0.39 is 8.32 Å². The Bertz CT molecular complexity index is 519. The third kappa shape index (κ3) is 6.06. The fourth-order valence-corrected chi connectivity index (χ4v) is 7.69. The van der Waals surface area contributed by atoms with Crippen LogP contribution in [0.25, 0.3) is 5.57 Å². The maximum absolute atomic E-state index is 9.23. The standard InChI is InChI=1S/C21H38O2SSi/c1-7-21(8-2,23-25(9-3,10-4)11-5)14-12-13-18(6)20-15-19(16-22)17-24-20/h13,15,17,22H,7-12,14,16H2,1-6H3. The number of hydrogen-bond donors (Lipinski definition) is 1. The molecule has 1 N–H and O–H groups in total. The van der Waals surface area contributed by atoms with Gasteiger partial charge in [-0.15, -0.1) is 11.3 Å². The maximum Gasteiger partial charge on any atom is 0.192 e. The Morgan fingerprint density at radius 1 is 1.16 bits per heavy atom. The topological polar surface area (TPSA) is 29.5 Å². The Labute approximate surface area is 160 Å². The molecule has 0 amide bonds. The molecule has 0 aliphatic rings. The molecule has 4 heteroatoms. The molecule has 0 saturated carbocycles. The fourth-order valence-electron chi connectivity index (χ4n) is 3.54. The van der Waals surface area contributed by atoms with E-state index in [1.165, 1.54) is 28.6 Å². The molecule has 0 saturated heterocycles. The van der Waals surface area contributed by atoms with Gasteiger partial charge in [0.2, 0.25) is 0 Å². The first-order valence-corrected chi connectivity index (χ1v) is 13.4. The highest BCUT2D eigenvalue weighted by Gasteiger charge is 2.38. The van der Waals surface area contributed by atoms with Gasteiger partial charge in [-0.2, -0.15) is 0 Å². The quantitative estimate of drug-likeness (QED) is 0.394. The van der Waals surface area contributed by atoms with Gasteiger partial charge in [0.1, 0.15) is 0 Å². The highest BCUT2D eigenvalue weighted by Crippen LogP contribution is 2.35. The first-order valence-electron chi connectivity index (χ1n) is 9.99. The predicted octanol–water partition coefficient (Wildman–Crippen LogP) is 7.00. The van der Waals surface area contributed by atoms with E-state index in [2.05, 4.69) is 53.7 Å². The molecule has 0 aliphatic heterocycles. The predicted molar refractivity (Wildman–Crippen MR) is 115 cm³/mol. The van der Waals surface area contributed by atoms with Gasteiger partial charge in [-0.1, -0.05) is 40.7 Å². The lowest BCUT2D eigenvalue weighted by atomic mass is 9.91. The second kappa shape index (κ2) is 10.7. The van der Waals surface area contributed by atoms with Crippen molar-refractivity contribution in [1.82, 2.24) is 0 Å². The molecule has 0 aliphatic carbocycles. The summed E-state index contributed by atoms with van der Waals surface area (Å²) in [4.78, 5) is 1.27. The molecule has 0 aromatic carbocycles. The van der Waals surface area contributed by atoms with Crippen LogP contribution in [0.5, 0.6) is 0 Å². The van der Waals surface area contributed by atoms with Crippen LogP contribution in [0, 0.1) is 0 Å². The van der Waals surface area contributed by atoms with Crippen LogP contribution in [0.1, 0.15) is 77.7 Å². The minimum atomic E-state index is -1.58. The number of aliphatic hydroxyl groups excluding tert-OH is 1. The lowest BCUT2D eigenvalue weighted by Crippen LogP contribution is -2.46. The highest BCUT2D eigenvalue weighted by atomic mass is 32.1. The molecule has 0 spiro atoms. The normalized spacial score (nSPS) is 13.5. The second-order valence-corrected chi connectivity index (χ2v) is 12.7. The molecule has 1 rings (SSSR count). The molecule has 1 aromatic rings. The van der Waals surface area contributed by atoms with E-state index in [4.69, 9.17) is 4.43 Å². The van der Waals surface area contributed by atoms with Gasteiger partial charge in [-0.25, -0.2) is 0 Å². The summed E-state index contributed by atoms with van der Waals surface area (Å²) in [6.07, 6.45) is 6.70. The third-order valence-electron chi connectivity index (χ3n) is 5.93. The lowest BCUT2D eigenvalue weighted by Gasteiger charge is -2.42. The first kappa shape index (κ1) is 22.6. The van der Waals surface area contributed by atoms with Crippen molar-refractivity contribution >= 4 is 25.2 Å². The van der Waals surface area contributed by atoms with Crippen molar-refractivity contribution in [2.45, 2.75) is 97.6 Å². The SMILES string of the molecule is CCC(CC)(CCC=C(C)c1cc(CO)cs1)O[Si](CC)(CC)CC. The lowest BCUT2D eigenvalue weighted by molar-refractivity contribution is 0.0397. The minimum Gasteiger partial charge on any atom is -0.411 e. The molecule has 25 heavy (non-hydrogen) atoms. The number of aliphatic hydroxyl groups is 1. The molecule has 0 bridgehead atoms.